The van der Waals surface area contributed by atoms with Gasteiger partial charge in [-0.3, -0.25) is 0 Å². The number of unbranched alkanes of at least 4 members (excludes halogenated alkanes) is 30. The van der Waals surface area contributed by atoms with Gasteiger partial charge in [-0.05, 0) is 60.5 Å². The molecular weight excluding hydrogens is 692 g/mol. The van der Waals surface area contributed by atoms with E-state index in [4.69, 9.17) is 5.11 Å². The zero-order valence-corrected chi connectivity index (χ0v) is 38.0. The minimum atomic E-state index is -0.883. The highest BCUT2D eigenvalue weighted by Gasteiger charge is 2.00. The Morgan fingerprint density at radius 1 is 0.392 bits per heavy atom. The van der Waals surface area contributed by atoms with Gasteiger partial charge in [0.05, 0.1) is 0 Å². The molecule has 310 valence electrons. The van der Waals surface area contributed by atoms with Gasteiger partial charge in [0.15, 0.2) is 0 Å². The lowest BCUT2D eigenvalue weighted by atomic mass is 10.0. The highest BCUT2D eigenvalue weighted by atomic mass is 79.9. The molecule has 0 unspecified atom stereocenters. The fourth-order valence-corrected chi connectivity index (χ4v) is 6.36. The molecule has 0 saturated heterocycles. The van der Waals surface area contributed by atoms with Crippen LogP contribution in [0.2, 0.25) is 0 Å². The fraction of sp³-hybridized carbons (Fsp3) is 0.935. The van der Waals surface area contributed by atoms with E-state index in [-0.39, 0.29) is 17.0 Å². The summed E-state index contributed by atoms with van der Waals surface area (Å²) in [4.78, 5) is 14.6. The number of nitrogens with zero attached hydrogens (tertiary/aromatic N) is 2. The molecule has 0 spiro atoms. The number of hydrogen-bond donors (Lipinski definition) is 1. The van der Waals surface area contributed by atoms with Crippen molar-refractivity contribution >= 4 is 23.0 Å². The number of aliphatic carboxylic acids is 1. The van der Waals surface area contributed by atoms with E-state index in [0.29, 0.717) is 12.0 Å². The van der Waals surface area contributed by atoms with Crippen molar-refractivity contribution in [2.75, 3.05) is 41.3 Å². The summed E-state index contributed by atoms with van der Waals surface area (Å²) in [5.41, 5.74) is 0.299. The van der Waals surface area contributed by atoms with Crippen LogP contribution in [0.5, 0.6) is 0 Å². The van der Waals surface area contributed by atoms with Gasteiger partial charge in [-0.15, -0.1) is 17.0 Å². The Kier molecular flexibility index (Phi) is 58.1. The van der Waals surface area contributed by atoms with Crippen molar-refractivity contribution in [2.24, 2.45) is 0 Å². The molecule has 5 heteroatoms. The number of carbonyl (C=O) groups is 1. The minimum absolute atomic E-state index is 0. The molecule has 0 atom stereocenters. The van der Waals surface area contributed by atoms with Crippen molar-refractivity contribution in [3.8, 4) is 0 Å². The number of rotatable bonds is 37. The number of hydrogen-bond acceptors (Lipinski definition) is 3. The monoisotopic (exact) mass is 789 g/mol. The van der Waals surface area contributed by atoms with Crippen LogP contribution in [-0.4, -0.2) is 62.2 Å². The lowest BCUT2D eigenvalue weighted by Crippen LogP contribution is -2.12. The van der Waals surface area contributed by atoms with E-state index in [1.54, 1.807) is 0 Å². The van der Waals surface area contributed by atoms with Gasteiger partial charge in [0.25, 0.3) is 0 Å². The van der Waals surface area contributed by atoms with Crippen LogP contribution in [0.15, 0.2) is 12.2 Å². The van der Waals surface area contributed by atoms with Crippen LogP contribution in [-0.2, 0) is 4.79 Å². The number of carboxylic acid groups (broad SMARTS) is 1. The first-order valence-corrected chi connectivity index (χ1v) is 22.4. The van der Waals surface area contributed by atoms with E-state index >= 15 is 0 Å². The average molecular weight is 790 g/mol. The molecule has 0 fully saturated rings. The molecular formula is C46H97BrN2O2. The number of halogens is 1. The normalized spacial score (nSPS) is 10.8. The Labute approximate surface area is 333 Å². The average Bonchev–Trinajstić information content (AvgIpc) is 3.08. The molecule has 0 aliphatic rings. The Balaban J connectivity index is -0.000000352. The Bertz CT molecular complexity index is 601. The standard InChI is InChI=1S/2C20H43N.C6H10O2.BrH/c2*1-4-5-6-7-8-9-10-11-12-13-14-15-16-17-18-19-20-21(2)3;1-3-4-5(2)6(7)8;/h2*4-20H2,1-3H3;2-4H2,1H3,(H,7,8);1H. The lowest BCUT2D eigenvalue weighted by Gasteiger charge is -2.08. The van der Waals surface area contributed by atoms with E-state index in [0.717, 1.165) is 6.42 Å². The summed E-state index contributed by atoms with van der Waals surface area (Å²) >= 11 is 0. The molecule has 1 N–H and O–H groups in total. The van der Waals surface area contributed by atoms with Crippen molar-refractivity contribution in [1.29, 1.82) is 0 Å². The van der Waals surface area contributed by atoms with Gasteiger partial charge >= 0.3 is 5.97 Å². The summed E-state index contributed by atoms with van der Waals surface area (Å²) < 4.78 is 0. The van der Waals surface area contributed by atoms with Crippen molar-refractivity contribution in [3.63, 3.8) is 0 Å². The SMILES string of the molecule is Br.C=C(CCC)C(=O)O.CCCCCCCCCCCCCCCCCCN(C)C.CCCCCCCCCCCCCCCCCCN(C)C. The molecule has 0 radical (unpaired) electrons. The Morgan fingerprint density at radius 2 is 0.588 bits per heavy atom. The van der Waals surface area contributed by atoms with Gasteiger partial charge in [0, 0.05) is 5.57 Å². The molecule has 0 amide bonds. The first-order chi connectivity index (χ1) is 24.2. The summed E-state index contributed by atoms with van der Waals surface area (Å²) in [6.07, 6.45) is 48.1. The highest BCUT2D eigenvalue weighted by molar-refractivity contribution is 8.93. The second-order valence-corrected chi connectivity index (χ2v) is 15.9. The molecule has 0 aromatic carbocycles. The Hall–Kier alpha value is -0.390. The zero-order valence-electron chi connectivity index (χ0n) is 36.3. The molecule has 4 nitrogen and oxygen atoms in total. The predicted octanol–water partition coefficient (Wildman–Crippen LogP) is 15.6. The molecule has 0 heterocycles. The third-order valence-electron chi connectivity index (χ3n) is 9.77. The molecule has 0 saturated carbocycles. The third-order valence-corrected chi connectivity index (χ3v) is 9.77. The van der Waals surface area contributed by atoms with Crippen LogP contribution in [0, 0.1) is 0 Å². The lowest BCUT2D eigenvalue weighted by molar-refractivity contribution is -0.132. The second-order valence-electron chi connectivity index (χ2n) is 15.9. The van der Waals surface area contributed by atoms with E-state index in [1.165, 1.54) is 219 Å². The Morgan fingerprint density at radius 3 is 0.725 bits per heavy atom. The molecule has 0 aliphatic heterocycles. The summed E-state index contributed by atoms with van der Waals surface area (Å²) in [5, 5.41) is 8.21. The predicted molar refractivity (Wildman–Crippen MR) is 238 cm³/mol. The van der Waals surface area contributed by atoms with Crippen molar-refractivity contribution in [2.45, 2.75) is 239 Å². The summed E-state index contributed by atoms with van der Waals surface area (Å²) in [7, 11) is 8.69. The van der Waals surface area contributed by atoms with Crippen LogP contribution in [0.1, 0.15) is 239 Å². The molecule has 51 heavy (non-hydrogen) atoms. The summed E-state index contributed by atoms with van der Waals surface area (Å²) in [5.74, 6) is -0.883. The number of carboxylic acids is 1. The summed E-state index contributed by atoms with van der Waals surface area (Å²) in [6.45, 7) is 12.4. The van der Waals surface area contributed by atoms with Crippen LogP contribution in [0.25, 0.3) is 0 Å². The van der Waals surface area contributed by atoms with Gasteiger partial charge in [-0.2, -0.15) is 0 Å². The highest BCUT2D eigenvalue weighted by Crippen LogP contribution is 2.15. The van der Waals surface area contributed by atoms with E-state index in [9.17, 15) is 4.79 Å². The smallest absolute Gasteiger partial charge is 0.330 e. The molecule has 0 aromatic heterocycles. The molecule has 0 bridgehead atoms. The maximum absolute atomic E-state index is 9.99. The maximum Gasteiger partial charge on any atom is 0.330 e. The topological polar surface area (TPSA) is 43.8 Å². The van der Waals surface area contributed by atoms with Gasteiger partial charge in [-0.1, -0.05) is 226 Å². The zero-order chi connectivity index (χ0) is 37.8. The quantitative estimate of drug-likeness (QED) is 0.0503. The fourth-order valence-electron chi connectivity index (χ4n) is 6.36. The van der Waals surface area contributed by atoms with Gasteiger partial charge < -0.3 is 14.9 Å². The van der Waals surface area contributed by atoms with Gasteiger partial charge in [-0.25, -0.2) is 4.79 Å². The van der Waals surface area contributed by atoms with E-state index in [1.807, 2.05) is 6.92 Å². The molecule has 0 aliphatic carbocycles. The van der Waals surface area contributed by atoms with Gasteiger partial charge in [0.1, 0.15) is 0 Å². The maximum atomic E-state index is 9.99. The van der Waals surface area contributed by atoms with E-state index < -0.39 is 5.97 Å². The second kappa shape index (κ2) is 51.7. The summed E-state index contributed by atoms with van der Waals surface area (Å²) in [6, 6.07) is 0. The van der Waals surface area contributed by atoms with Crippen molar-refractivity contribution < 1.29 is 9.90 Å². The van der Waals surface area contributed by atoms with Crippen molar-refractivity contribution in [1.82, 2.24) is 9.80 Å². The first kappa shape index (κ1) is 57.3. The van der Waals surface area contributed by atoms with Crippen molar-refractivity contribution in [3.05, 3.63) is 12.2 Å². The largest absolute Gasteiger partial charge is 0.478 e. The minimum Gasteiger partial charge on any atom is -0.478 e. The van der Waals surface area contributed by atoms with Crippen LogP contribution in [0.3, 0.4) is 0 Å². The molecule has 0 aromatic rings. The third kappa shape index (κ3) is 61.9. The van der Waals surface area contributed by atoms with Gasteiger partial charge in [0.2, 0.25) is 0 Å². The van der Waals surface area contributed by atoms with Crippen LogP contribution < -0.4 is 0 Å². The first-order valence-electron chi connectivity index (χ1n) is 22.4. The van der Waals surface area contributed by atoms with Crippen LogP contribution in [0.4, 0.5) is 0 Å². The van der Waals surface area contributed by atoms with E-state index in [2.05, 4.69) is 58.4 Å². The molecule has 0 rings (SSSR count). The van der Waals surface area contributed by atoms with Crippen LogP contribution >= 0.6 is 17.0 Å².